The highest BCUT2D eigenvalue weighted by molar-refractivity contribution is 5.48. The number of hydrogen-bond acceptors (Lipinski definition) is 4. The number of rotatable bonds is 4. The van der Waals surface area contributed by atoms with Crippen molar-refractivity contribution in [3.63, 3.8) is 0 Å². The number of nitrogens with zero attached hydrogens (tertiary/aromatic N) is 3. The third kappa shape index (κ3) is 3.79. The SMILES string of the molecule is Cc1ccccc1Cc1c(C)nc(N2CCN(c3ccccc3)CC2)[nH]c1=O. The van der Waals surface area contributed by atoms with E-state index in [0.29, 0.717) is 12.4 Å². The fourth-order valence-corrected chi connectivity index (χ4v) is 3.77. The van der Waals surface area contributed by atoms with Gasteiger partial charge in [0.05, 0.1) is 5.69 Å². The molecule has 1 N–H and O–H groups in total. The topological polar surface area (TPSA) is 52.2 Å². The second kappa shape index (κ2) is 7.89. The largest absolute Gasteiger partial charge is 0.368 e. The molecule has 28 heavy (non-hydrogen) atoms. The smallest absolute Gasteiger partial charge is 0.256 e. The summed E-state index contributed by atoms with van der Waals surface area (Å²) in [7, 11) is 0. The Labute approximate surface area is 165 Å². The molecule has 1 saturated heterocycles. The summed E-state index contributed by atoms with van der Waals surface area (Å²) < 4.78 is 0. The summed E-state index contributed by atoms with van der Waals surface area (Å²) in [5, 5.41) is 0. The van der Waals surface area contributed by atoms with E-state index in [2.05, 4.69) is 58.1 Å². The lowest BCUT2D eigenvalue weighted by Gasteiger charge is -2.36. The average Bonchev–Trinajstić information content (AvgIpc) is 2.72. The van der Waals surface area contributed by atoms with E-state index in [0.717, 1.165) is 37.4 Å². The van der Waals surface area contributed by atoms with E-state index < -0.39 is 0 Å². The molecule has 0 unspecified atom stereocenters. The lowest BCUT2D eigenvalue weighted by molar-refractivity contribution is 0.637. The molecule has 0 spiro atoms. The highest BCUT2D eigenvalue weighted by Gasteiger charge is 2.20. The number of aromatic nitrogens is 2. The third-order valence-corrected chi connectivity index (χ3v) is 5.54. The van der Waals surface area contributed by atoms with Gasteiger partial charge in [0.15, 0.2) is 0 Å². The predicted octanol–water partition coefficient (Wildman–Crippen LogP) is 3.30. The summed E-state index contributed by atoms with van der Waals surface area (Å²) in [5.74, 6) is 0.684. The summed E-state index contributed by atoms with van der Waals surface area (Å²) in [6.45, 7) is 7.53. The quantitative estimate of drug-likeness (QED) is 0.761. The molecule has 0 bridgehead atoms. The number of benzene rings is 2. The Morgan fingerprint density at radius 2 is 1.54 bits per heavy atom. The van der Waals surface area contributed by atoms with Crippen LogP contribution in [0.1, 0.15) is 22.4 Å². The fourth-order valence-electron chi connectivity index (χ4n) is 3.77. The zero-order chi connectivity index (χ0) is 19.5. The number of H-pyrrole nitrogens is 1. The number of hydrogen-bond donors (Lipinski definition) is 1. The molecule has 5 heteroatoms. The highest BCUT2D eigenvalue weighted by atomic mass is 16.1. The van der Waals surface area contributed by atoms with Crippen LogP contribution in [0.25, 0.3) is 0 Å². The van der Waals surface area contributed by atoms with Crippen molar-refractivity contribution in [2.45, 2.75) is 20.3 Å². The van der Waals surface area contributed by atoms with Crippen LogP contribution in [0.3, 0.4) is 0 Å². The maximum atomic E-state index is 12.8. The van der Waals surface area contributed by atoms with Crippen LogP contribution in [0.5, 0.6) is 0 Å². The Hall–Kier alpha value is -3.08. The Morgan fingerprint density at radius 1 is 0.893 bits per heavy atom. The summed E-state index contributed by atoms with van der Waals surface area (Å²) in [6.07, 6.45) is 0.614. The van der Waals surface area contributed by atoms with E-state index in [1.165, 1.54) is 16.8 Å². The second-order valence-electron chi connectivity index (χ2n) is 7.37. The lowest BCUT2D eigenvalue weighted by Crippen LogP contribution is -2.47. The summed E-state index contributed by atoms with van der Waals surface area (Å²) in [4.78, 5) is 25.1. The van der Waals surface area contributed by atoms with E-state index >= 15 is 0 Å². The van der Waals surface area contributed by atoms with Gasteiger partial charge in [-0.3, -0.25) is 9.78 Å². The molecule has 0 amide bonds. The van der Waals surface area contributed by atoms with Crippen molar-refractivity contribution in [2.75, 3.05) is 36.0 Å². The Balaban J connectivity index is 1.49. The number of para-hydroxylation sites is 1. The van der Waals surface area contributed by atoms with Gasteiger partial charge in [0.1, 0.15) is 0 Å². The van der Waals surface area contributed by atoms with Gasteiger partial charge in [-0.15, -0.1) is 0 Å². The number of aryl methyl sites for hydroxylation is 2. The molecule has 1 aromatic heterocycles. The second-order valence-corrected chi connectivity index (χ2v) is 7.37. The van der Waals surface area contributed by atoms with Crippen LogP contribution in [0.2, 0.25) is 0 Å². The van der Waals surface area contributed by atoms with Gasteiger partial charge < -0.3 is 9.80 Å². The van der Waals surface area contributed by atoms with Gasteiger partial charge in [-0.25, -0.2) is 4.98 Å². The number of anilines is 2. The molecule has 3 aromatic rings. The Kier molecular flexibility index (Phi) is 5.15. The highest BCUT2D eigenvalue weighted by Crippen LogP contribution is 2.19. The van der Waals surface area contributed by atoms with Gasteiger partial charge in [0.2, 0.25) is 5.95 Å². The first kappa shape index (κ1) is 18.3. The van der Waals surface area contributed by atoms with Gasteiger partial charge in [0.25, 0.3) is 5.56 Å². The zero-order valence-electron chi connectivity index (χ0n) is 16.5. The van der Waals surface area contributed by atoms with E-state index in [1.807, 2.05) is 25.1 Å². The molecule has 0 atom stereocenters. The van der Waals surface area contributed by atoms with Crippen LogP contribution in [-0.4, -0.2) is 36.1 Å². The van der Waals surface area contributed by atoms with Gasteiger partial charge in [-0.05, 0) is 37.1 Å². The van der Waals surface area contributed by atoms with Crippen molar-refractivity contribution < 1.29 is 0 Å². The third-order valence-electron chi connectivity index (χ3n) is 5.54. The van der Waals surface area contributed by atoms with E-state index in [9.17, 15) is 4.79 Å². The minimum atomic E-state index is -0.0313. The normalized spacial score (nSPS) is 14.4. The number of aromatic amines is 1. The summed E-state index contributed by atoms with van der Waals surface area (Å²) in [6, 6.07) is 18.6. The summed E-state index contributed by atoms with van der Waals surface area (Å²) in [5.41, 5.74) is 5.14. The Morgan fingerprint density at radius 3 is 2.21 bits per heavy atom. The van der Waals surface area contributed by atoms with E-state index in [1.54, 1.807) is 0 Å². The van der Waals surface area contributed by atoms with Crippen molar-refractivity contribution >= 4 is 11.6 Å². The predicted molar refractivity (Wildman–Crippen MR) is 114 cm³/mol. The van der Waals surface area contributed by atoms with Crippen molar-refractivity contribution in [3.05, 3.63) is 87.3 Å². The first-order valence-corrected chi connectivity index (χ1v) is 9.81. The van der Waals surface area contributed by atoms with Crippen molar-refractivity contribution in [2.24, 2.45) is 0 Å². The van der Waals surface area contributed by atoms with Crippen molar-refractivity contribution in [3.8, 4) is 0 Å². The van der Waals surface area contributed by atoms with Crippen LogP contribution in [0.15, 0.2) is 59.4 Å². The van der Waals surface area contributed by atoms with Gasteiger partial charge in [0, 0.05) is 43.9 Å². The number of piperazine rings is 1. The van der Waals surface area contributed by atoms with E-state index in [4.69, 9.17) is 4.98 Å². The maximum Gasteiger partial charge on any atom is 0.256 e. The molecule has 1 aliphatic heterocycles. The first-order chi connectivity index (χ1) is 13.6. The van der Waals surface area contributed by atoms with Crippen LogP contribution >= 0.6 is 0 Å². The molecule has 0 saturated carbocycles. The minimum absolute atomic E-state index is 0.0313. The maximum absolute atomic E-state index is 12.8. The Bertz CT molecular complexity index is 1000. The fraction of sp³-hybridized carbons (Fsp3) is 0.304. The van der Waals surface area contributed by atoms with Crippen LogP contribution in [0.4, 0.5) is 11.6 Å². The van der Waals surface area contributed by atoms with Crippen molar-refractivity contribution in [1.29, 1.82) is 0 Å². The monoisotopic (exact) mass is 374 g/mol. The molecule has 144 valence electrons. The minimum Gasteiger partial charge on any atom is -0.368 e. The lowest BCUT2D eigenvalue weighted by atomic mass is 10.0. The standard InChI is InChI=1S/C23H26N4O/c1-17-8-6-7-9-19(17)16-21-18(2)24-23(25-22(21)28)27-14-12-26(13-15-27)20-10-4-3-5-11-20/h3-11H,12-16H2,1-2H3,(H,24,25,28). The molecular weight excluding hydrogens is 348 g/mol. The van der Waals surface area contributed by atoms with E-state index in [-0.39, 0.29) is 5.56 Å². The average molecular weight is 374 g/mol. The number of nitrogens with one attached hydrogen (secondary N) is 1. The zero-order valence-corrected chi connectivity index (χ0v) is 16.5. The van der Waals surface area contributed by atoms with Gasteiger partial charge in [-0.2, -0.15) is 0 Å². The van der Waals surface area contributed by atoms with Crippen LogP contribution in [-0.2, 0) is 6.42 Å². The van der Waals surface area contributed by atoms with Gasteiger partial charge in [-0.1, -0.05) is 42.5 Å². The molecule has 0 radical (unpaired) electrons. The van der Waals surface area contributed by atoms with Gasteiger partial charge >= 0.3 is 0 Å². The summed E-state index contributed by atoms with van der Waals surface area (Å²) >= 11 is 0. The molecular formula is C23H26N4O. The molecule has 1 fully saturated rings. The molecule has 2 aromatic carbocycles. The molecule has 5 nitrogen and oxygen atoms in total. The van der Waals surface area contributed by atoms with Crippen LogP contribution < -0.4 is 15.4 Å². The molecule has 0 aliphatic carbocycles. The molecule has 2 heterocycles. The first-order valence-electron chi connectivity index (χ1n) is 9.81. The molecule has 4 rings (SSSR count). The molecule has 1 aliphatic rings. The van der Waals surface area contributed by atoms with Crippen molar-refractivity contribution in [1.82, 2.24) is 9.97 Å². The van der Waals surface area contributed by atoms with Crippen LogP contribution in [0, 0.1) is 13.8 Å².